The number of amides is 1. The van der Waals surface area contributed by atoms with E-state index in [1.54, 1.807) is 12.1 Å². The van der Waals surface area contributed by atoms with E-state index in [1.165, 1.54) is 25.1 Å². The minimum Gasteiger partial charge on any atom is -0.449 e. The van der Waals surface area contributed by atoms with E-state index in [2.05, 4.69) is 5.32 Å². The number of carbonyl (C=O) groups excluding carboxylic acids is 2. The lowest BCUT2D eigenvalue weighted by molar-refractivity contribution is -0.123. The second-order valence-corrected chi connectivity index (χ2v) is 7.22. The van der Waals surface area contributed by atoms with Crippen molar-refractivity contribution in [2.45, 2.75) is 31.3 Å². The van der Waals surface area contributed by atoms with Crippen molar-refractivity contribution in [3.05, 3.63) is 59.7 Å². The van der Waals surface area contributed by atoms with Crippen molar-refractivity contribution in [3.63, 3.8) is 0 Å². The summed E-state index contributed by atoms with van der Waals surface area (Å²) < 4.78 is 27.8. The number of hydrogen-bond donors (Lipinski definition) is 2. The fourth-order valence-electron chi connectivity index (χ4n) is 2.15. The molecule has 0 saturated carbocycles. The molecule has 2 rings (SSSR count). The third-order valence-corrected chi connectivity index (χ3v) is 4.59. The van der Waals surface area contributed by atoms with Gasteiger partial charge in [-0.3, -0.25) is 4.79 Å². The molecule has 7 nitrogen and oxygen atoms in total. The second kappa shape index (κ2) is 8.11. The number of carbonyl (C=O) groups is 2. The van der Waals surface area contributed by atoms with Crippen molar-refractivity contribution in [2.24, 2.45) is 5.14 Å². The number of anilines is 1. The topological polar surface area (TPSA) is 116 Å². The van der Waals surface area contributed by atoms with Gasteiger partial charge in [-0.25, -0.2) is 18.4 Å². The highest BCUT2D eigenvalue weighted by atomic mass is 32.2. The van der Waals surface area contributed by atoms with Crippen LogP contribution in [0.25, 0.3) is 0 Å². The Balaban J connectivity index is 2.02. The molecule has 0 aliphatic carbocycles. The van der Waals surface area contributed by atoms with Crippen LogP contribution in [0.4, 0.5) is 5.69 Å². The van der Waals surface area contributed by atoms with Crippen molar-refractivity contribution >= 4 is 27.6 Å². The van der Waals surface area contributed by atoms with Crippen molar-refractivity contribution in [2.75, 3.05) is 5.32 Å². The van der Waals surface area contributed by atoms with Gasteiger partial charge in [0.05, 0.1) is 10.5 Å². The predicted octanol–water partition coefficient (Wildman–Crippen LogP) is 2.08. The quantitative estimate of drug-likeness (QED) is 0.749. The summed E-state index contributed by atoms with van der Waals surface area (Å²) in [5.41, 5.74) is 1.71. The van der Waals surface area contributed by atoms with Gasteiger partial charge in [0, 0.05) is 5.69 Å². The number of sulfonamides is 1. The van der Waals surface area contributed by atoms with Crippen LogP contribution >= 0.6 is 0 Å². The number of aryl methyl sites for hydroxylation is 1. The van der Waals surface area contributed by atoms with Gasteiger partial charge in [-0.05, 0) is 49.2 Å². The molecule has 0 spiro atoms. The second-order valence-electron chi connectivity index (χ2n) is 5.66. The summed E-state index contributed by atoms with van der Waals surface area (Å²) in [6, 6.07) is 12.4. The highest BCUT2D eigenvalue weighted by Gasteiger charge is 2.20. The number of benzene rings is 2. The molecule has 1 atom stereocenters. The number of nitrogens with two attached hydrogens (primary N) is 1. The Bertz CT molecular complexity index is 907. The van der Waals surface area contributed by atoms with Gasteiger partial charge in [-0.15, -0.1) is 0 Å². The number of primary sulfonamides is 1. The van der Waals surface area contributed by atoms with Crippen LogP contribution in [0.2, 0.25) is 0 Å². The number of hydrogen-bond acceptors (Lipinski definition) is 5. The predicted molar refractivity (Wildman–Crippen MR) is 97.1 cm³/mol. The molecule has 8 heteroatoms. The Hall–Kier alpha value is -2.71. The molecule has 0 radical (unpaired) electrons. The van der Waals surface area contributed by atoms with Gasteiger partial charge in [0.25, 0.3) is 5.91 Å². The van der Waals surface area contributed by atoms with E-state index in [0.717, 1.165) is 18.1 Å². The first kappa shape index (κ1) is 19.6. The zero-order valence-electron chi connectivity index (χ0n) is 14.4. The molecule has 0 aliphatic rings. The Labute approximate surface area is 152 Å². The zero-order valence-corrected chi connectivity index (χ0v) is 15.2. The van der Waals surface area contributed by atoms with Crippen LogP contribution in [0.15, 0.2) is 53.4 Å². The van der Waals surface area contributed by atoms with E-state index in [9.17, 15) is 18.0 Å². The van der Waals surface area contributed by atoms with Crippen LogP contribution in [0.1, 0.15) is 29.8 Å². The van der Waals surface area contributed by atoms with Crippen molar-refractivity contribution in [1.82, 2.24) is 0 Å². The molecule has 2 aromatic carbocycles. The highest BCUT2D eigenvalue weighted by molar-refractivity contribution is 7.89. The number of ether oxygens (including phenoxy) is 1. The third kappa shape index (κ3) is 5.14. The largest absolute Gasteiger partial charge is 0.449 e. The van der Waals surface area contributed by atoms with Gasteiger partial charge < -0.3 is 10.1 Å². The van der Waals surface area contributed by atoms with Gasteiger partial charge in [0.15, 0.2) is 6.10 Å². The summed E-state index contributed by atoms with van der Waals surface area (Å²) in [7, 11) is -3.94. The number of nitrogens with one attached hydrogen (secondary N) is 1. The maximum atomic E-state index is 12.2. The van der Waals surface area contributed by atoms with Gasteiger partial charge >= 0.3 is 5.97 Å². The maximum Gasteiger partial charge on any atom is 0.338 e. The van der Waals surface area contributed by atoms with Gasteiger partial charge in [0.1, 0.15) is 0 Å². The van der Waals surface area contributed by atoms with Crippen LogP contribution in [-0.4, -0.2) is 26.4 Å². The van der Waals surface area contributed by atoms with E-state index >= 15 is 0 Å². The molecule has 0 saturated heterocycles. The molecule has 0 aliphatic heterocycles. The monoisotopic (exact) mass is 376 g/mol. The molecule has 1 amide bonds. The zero-order chi connectivity index (χ0) is 19.3. The highest BCUT2D eigenvalue weighted by Crippen LogP contribution is 2.13. The molecule has 0 heterocycles. The van der Waals surface area contributed by atoms with Crippen LogP contribution in [0.3, 0.4) is 0 Å². The van der Waals surface area contributed by atoms with Crippen LogP contribution < -0.4 is 10.5 Å². The standard InChI is InChI=1S/C18H20N2O5S/c1-3-13-7-9-15(10-8-13)20-17(21)12(2)25-18(22)14-5-4-6-16(11-14)26(19,23)24/h4-12H,3H2,1-2H3,(H,20,21)(H2,19,23,24). The summed E-state index contributed by atoms with van der Waals surface area (Å²) in [6.45, 7) is 3.46. The first-order valence-corrected chi connectivity index (χ1v) is 9.49. The van der Waals surface area contributed by atoms with E-state index in [0.29, 0.717) is 5.69 Å². The van der Waals surface area contributed by atoms with Crippen molar-refractivity contribution in [1.29, 1.82) is 0 Å². The van der Waals surface area contributed by atoms with E-state index < -0.39 is 28.0 Å². The van der Waals surface area contributed by atoms with E-state index in [4.69, 9.17) is 9.88 Å². The summed E-state index contributed by atoms with van der Waals surface area (Å²) >= 11 is 0. The summed E-state index contributed by atoms with van der Waals surface area (Å²) in [5, 5.41) is 7.69. The molecule has 0 aromatic heterocycles. The van der Waals surface area contributed by atoms with E-state index in [1.807, 2.05) is 19.1 Å². The van der Waals surface area contributed by atoms with Crippen molar-refractivity contribution in [3.8, 4) is 0 Å². The fraction of sp³-hybridized carbons (Fsp3) is 0.222. The smallest absolute Gasteiger partial charge is 0.338 e. The average molecular weight is 376 g/mol. The Morgan fingerprint density at radius 3 is 2.38 bits per heavy atom. The van der Waals surface area contributed by atoms with E-state index in [-0.39, 0.29) is 10.5 Å². The molecule has 0 fully saturated rings. The lowest BCUT2D eigenvalue weighted by Gasteiger charge is -2.14. The van der Waals surface area contributed by atoms with Crippen LogP contribution in [-0.2, 0) is 26.0 Å². The Kier molecular flexibility index (Phi) is 6.12. The summed E-state index contributed by atoms with van der Waals surface area (Å²) in [5.74, 6) is -1.32. The van der Waals surface area contributed by atoms with Gasteiger partial charge in [-0.2, -0.15) is 0 Å². The van der Waals surface area contributed by atoms with Crippen LogP contribution in [0.5, 0.6) is 0 Å². The molecule has 0 bridgehead atoms. The normalized spacial score (nSPS) is 12.3. The van der Waals surface area contributed by atoms with Crippen molar-refractivity contribution < 1.29 is 22.7 Å². The molecular formula is C18H20N2O5S. The average Bonchev–Trinajstić information content (AvgIpc) is 2.61. The molecule has 1 unspecified atom stereocenters. The minimum atomic E-state index is -3.94. The minimum absolute atomic E-state index is 0.0107. The Morgan fingerprint density at radius 2 is 1.81 bits per heavy atom. The summed E-state index contributed by atoms with van der Waals surface area (Å²) in [4.78, 5) is 24.1. The first-order valence-electron chi connectivity index (χ1n) is 7.94. The first-order chi connectivity index (χ1) is 12.2. The third-order valence-electron chi connectivity index (χ3n) is 3.68. The fourth-order valence-corrected chi connectivity index (χ4v) is 2.71. The van der Waals surface area contributed by atoms with Crippen LogP contribution in [0, 0.1) is 0 Å². The lowest BCUT2D eigenvalue weighted by Crippen LogP contribution is -2.30. The summed E-state index contributed by atoms with van der Waals surface area (Å²) in [6.07, 6.45) is -0.175. The lowest BCUT2D eigenvalue weighted by atomic mass is 10.1. The van der Waals surface area contributed by atoms with Gasteiger partial charge in [0.2, 0.25) is 10.0 Å². The molecule has 26 heavy (non-hydrogen) atoms. The maximum absolute atomic E-state index is 12.2. The molecule has 138 valence electrons. The SMILES string of the molecule is CCc1ccc(NC(=O)C(C)OC(=O)c2cccc(S(N)(=O)=O)c2)cc1. The molecule has 3 N–H and O–H groups in total. The van der Waals surface area contributed by atoms with Gasteiger partial charge in [-0.1, -0.05) is 25.1 Å². The number of esters is 1. The Morgan fingerprint density at radius 1 is 1.15 bits per heavy atom. The molecular weight excluding hydrogens is 356 g/mol. The molecule has 2 aromatic rings. The number of rotatable bonds is 6.